The third-order valence-electron chi connectivity index (χ3n) is 0.941. The molecule has 0 aromatic rings. The van der Waals surface area contributed by atoms with Crippen molar-refractivity contribution in [2.75, 3.05) is 5.75 Å². The molecule has 2 N–H and O–H groups in total. The molecular formula is C3H7NOS. The molecule has 36 valence electrons. The number of nitrogens with two attached hydrogens (primary N) is 1. The van der Waals surface area contributed by atoms with Crippen LogP contribution in [0.15, 0.2) is 0 Å². The average molecular weight is 105 g/mol. The third kappa shape index (κ3) is 0.479. The van der Waals surface area contributed by atoms with E-state index < -0.39 is 10.8 Å². The fourth-order valence-corrected chi connectivity index (χ4v) is 1.05. The smallest absolute Gasteiger partial charge is 0.0818 e. The maximum absolute atomic E-state index is 10.2. The van der Waals surface area contributed by atoms with Crippen molar-refractivity contribution in [1.29, 1.82) is 0 Å². The van der Waals surface area contributed by atoms with Gasteiger partial charge in [0.15, 0.2) is 0 Å². The van der Waals surface area contributed by atoms with Crippen LogP contribution < -0.4 is 5.73 Å². The summed E-state index contributed by atoms with van der Waals surface area (Å²) >= 11 is 0. The van der Waals surface area contributed by atoms with Crippen molar-refractivity contribution in [3.8, 4) is 0 Å². The van der Waals surface area contributed by atoms with Gasteiger partial charge in [-0.3, -0.25) is 4.21 Å². The lowest BCUT2D eigenvalue weighted by atomic mass is 10.5. The normalized spacial score (nSPS) is 44.8. The molecule has 1 heterocycles. The van der Waals surface area contributed by atoms with E-state index in [0.29, 0.717) is 0 Å². The van der Waals surface area contributed by atoms with Gasteiger partial charge in [0.2, 0.25) is 0 Å². The SMILES string of the molecule is N[C@@H]1CC[S@]1=O. The maximum atomic E-state index is 10.2. The molecule has 2 atom stereocenters. The first-order valence-electron chi connectivity index (χ1n) is 1.93. The number of hydrogen-bond donors (Lipinski definition) is 1. The van der Waals surface area contributed by atoms with Gasteiger partial charge < -0.3 is 5.73 Å². The van der Waals surface area contributed by atoms with Crippen molar-refractivity contribution in [1.82, 2.24) is 0 Å². The van der Waals surface area contributed by atoms with Crippen LogP contribution in [0.4, 0.5) is 0 Å². The summed E-state index contributed by atoms with van der Waals surface area (Å²) in [6.07, 6.45) is 0.951. The van der Waals surface area contributed by atoms with Crippen LogP contribution in [0.3, 0.4) is 0 Å². The average Bonchev–Trinajstić information content (AvgIpc) is 1.61. The highest BCUT2D eigenvalue weighted by atomic mass is 32.2. The van der Waals surface area contributed by atoms with E-state index in [0.717, 1.165) is 12.2 Å². The van der Waals surface area contributed by atoms with E-state index in [1.54, 1.807) is 0 Å². The zero-order chi connectivity index (χ0) is 4.57. The molecule has 0 aromatic carbocycles. The number of hydrogen-bond acceptors (Lipinski definition) is 2. The van der Waals surface area contributed by atoms with Gasteiger partial charge in [0.05, 0.1) is 5.37 Å². The first kappa shape index (κ1) is 4.27. The first-order chi connectivity index (χ1) is 2.80. The lowest BCUT2D eigenvalue weighted by Gasteiger charge is -2.18. The lowest BCUT2D eigenvalue weighted by molar-refractivity contribution is 0.642. The van der Waals surface area contributed by atoms with Crippen LogP contribution in [0.1, 0.15) is 6.42 Å². The van der Waals surface area contributed by atoms with Gasteiger partial charge in [-0.2, -0.15) is 0 Å². The lowest BCUT2D eigenvalue weighted by Crippen LogP contribution is -2.38. The van der Waals surface area contributed by atoms with Crippen LogP contribution in [-0.4, -0.2) is 15.3 Å². The predicted molar refractivity (Wildman–Crippen MR) is 25.6 cm³/mol. The Morgan fingerprint density at radius 3 is 2.33 bits per heavy atom. The zero-order valence-electron chi connectivity index (χ0n) is 3.39. The van der Waals surface area contributed by atoms with E-state index in [-0.39, 0.29) is 5.37 Å². The summed E-state index contributed by atoms with van der Waals surface area (Å²) < 4.78 is 10.2. The minimum atomic E-state index is -0.659. The minimum Gasteiger partial charge on any atom is -0.317 e. The second-order valence-electron chi connectivity index (χ2n) is 1.41. The van der Waals surface area contributed by atoms with Gasteiger partial charge in [0.1, 0.15) is 0 Å². The molecule has 0 aromatic heterocycles. The summed E-state index contributed by atoms with van der Waals surface area (Å²) in [7, 11) is -0.659. The van der Waals surface area contributed by atoms with Crippen molar-refractivity contribution in [2.24, 2.45) is 5.73 Å². The van der Waals surface area contributed by atoms with Crippen molar-refractivity contribution in [3.63, 3.8) is 0 Å². The van der Waals surface area contributed by atoms with Crippen LogP contribution >= 0.6 is 0 Å². The Kier molecular flexibility index (Phi) is 0.935. The molecular weight excluding hydrogens is 98.1 g/mol. The molecule has 0 bridgehead atoms. The van der Waals surface area contributed by atoms with Crippen LogP contribution in [0.2, 0.25) is 0 Å². The highest BCUT2D eigenvalue weighted by Crippen LogP contribution is 2.08. The Labute approximate surface area is 39.2 Å². The summed E-state index contributed by atoms with van der Waals surface area (Å²) in [6.45, 7) is 0. The summed E-state index contributed by atoms with van der Waals surface area (Å²) in [5, 5.41) is 0.00463. The second-order valence-corrected chi connectivity index (χ2v) is 3.19. The Hall–Kier alpha value is 0.110. The summed E-state index contributed by atoms with van der Waals surface area (Å²) in [5.74, 6) is 0.821. The summed E-state index contributed by atoms with van der Waals surface area (Å²) in [6, 6.07) is 0. The monoisotopic (exact) mass is 105 g/mol. The van der Waals surface area contributed by atoms with Gasteiger partial charge in [0.25, 0.3) is 0 Å². The van der Waals surface area contributed by atoms with Crippen molar-refractivity contribution >= 4 is 10.8 Å². The van der Waals surface area contributed by atoms with Crippen molar-refractivity contribution < 1.29 is 4.21 Å². The Morgan fingerprint density at radius 2 is 2.33 bits per heavy atom. The number of rotatable bonds is 0. The molecule has 1 saturated heterocycles. The van der Waals surface area contributed by atoms with Crippen LogP contribution in [0.5, 0.6) is 0 Å². The van der Waals surface area contributed by atoms with E-state index in [2.05, 4.69) is 0 Å². The van der Waals surface area contributed by atoms with Gasteiger partial charge in [0, 0.05) is 16.6 Å². The van der Waals surface area contributed by atoms with E-state index in [1.165, 1.54) is 0 Å². The molecule has 0 saturated carbocycles. The molecule has 6 heavy (non-hydrogen) atoms. The van der Waals surface area contributed by atoms with Crippen molar-refractivity contribution in [3.05, 3.63) is 0 Å². The van der Waals surface area contributed by atoms with Gasteiger partial charge >= 0.3 is 0 Å². The van der Waals surface area contributed by atoms with Gasteiger partial charge in [-0.25, -0.2) is 0 Å². The van der Waals surface area contributed by atoms with Gasteiger partial charge in [-0.1, -0.05) is 0 Å². The minimum absolute atomic E-state index is 0.00463. The molecule has 1 aliphatic rings. The summed E-state index contributed by atoms with van der Waals surface area (Å²) in [4.78, 5) is 0. The highest BCUT2D eigenvalue weighted by Gasteiger charge is 2.20. The Balaban J connectivity index is 2.39. The van der Waals surface area contributed by atoms with Gasteiger partial charge in [-0.05, 0) is 6.42 Å². The molecule has 1 aliphatic heterocycles. The molecule has 1 rings (SSSR count). The van der Waals surface area contributed by atoms with E-state index >= 15 is 0 Å². The molecule has 0 radical (unpaired) electrons. The molecule has 0 unspecified atom stereocenters. The standard InChI is InChI=1S/C3H7NOS/c4-3-1-2-6(3)5/h3H,1-2,4H2/t3-,6+/m0/s1. The van der Waals surface area contributed by atoms with E-state index in [4.69, 9.17) is 5.73 Å². The van der Waals surface area contributed by atoms with E-state index in [1.807, 2.05) is 0 Å². The van der Waals surface area contributed by atoms with E-state index in [9.17, 15) is 4.21 Å². The topological polar surface area (TPSA) is 43.1 Å². The van der Waals surface area contributed by atoms with Crippen molar-refractivity contribution in [2.45, 2.75) is 11.8 Å². The Morgan fingerprint density at radius 1 is 1.83 bits per heavy atom. The van der Waals surface area contributed by atoms with Crippen LogP contribution in [0, 0.1) is 0 Å². The fraction of sp³-hybridized carbons (Fsp3) is 1.00. The molecule has 0 spiro atoms. The molecule has 0 amide bonds. The zero-order valence-corrected chi connectivity index (χ0v) is 4.20. The quantitative estimate of drug-likeness (QED) is 0.448. The molecule has 2 nitrogen and oxygen atoms in total. The first-order valence-corrected chi connectivity index (χ1v) is 3.31. The molecule has 0 aliphatic carbocycles. The summed E-state index contributed by atoms with van der Waals surface area (Å²) in [5.41, 5.74) is 5.22. The Bertz CT molecular complexity index is 82.9. The molecule has 1 fully saturated rings. The predicted octanol–water partition coefficient (Wildman–Crippen LogP) is -0.576. The third-order valence-corrected chi connectivity index (χ3v) is 2.49. The van der Waals surface area contributed by atoms with Crippen LogP contribution in [-0.2, 0) is 10.8 Å². The van der Waals surface area contributed by atoms with Crippen LogP contribution in [0.25, 0.3) is 0 Å². The molecule has 3 heteroatoms. The largest absolute Gasteiger partial charge is 0.317 e. The van der Waals surface area contributed by atoms with Gasteiger partial charge in [-0.15, -0.1) is 0 Å². The fourth-order valence-electron chi connectivity index (χ4n) is 0.350. The maximum Gasteiger partial charge on any atom is 0.0818 e. The second kappa shape index (κ2) is 1.31. The highest BCUT2D eigenvalue weighted by molar-refractivity contribution is 7.87.